The van der Waals surface area contributed by atoms with Crippen LogP contribution in [0.3, 0.4) is 0 Å². The van der Waals surface area contributed by atoms with Gasteiger partial charge in [-0.15, -0.1) is 0 Å². The lowest BCUT2D eigenvalue weighted by Crippen LogP contribution is -2.50. The zero-order valence-electron chi connectivity index (χ0n) is 14.3. The molecule has 7 nitrogen and oxygen atoms in total. The van der Waals surface area contributed by atoms with Gasteiger partial charge in [0.2, 0.25) is 10.0 Å². The topological polar surface area (TPSA) is 73.2 Å². The van der Waals surface area contributed by atoms with Gasteiger partial charge in [-0.3, -0.25) is 4.90 Å². The molecule has 2 aliphatic heterocycles. The average Bonchev–Trinajstić information content (AvgIpc) is 2.68. The van der Waals surface area contributed by atoms with Gasteiger partial charge < -0.3 is 9.47 Å². The number of aromatic nitrogens is 1. The summed E-state index contributed by atoms with van der Waals surface area (Å²) in [7, 11) is -3.61. The zero-order chi connectivity index (χ0) is 19.0. The maximum Gasteiger partial charge on any atom is 0.293 e. The Bertz CT molecular complexity index is 963. The Morgan fingerprint density at radius 1 is 0.963 bits per heavy atom. The first kappa shape index (κ1) is 18.6. The number of fused-ring (bicyclic) bond motifs is 1. The van der Waals surface area contributed by atoms with E-state index in [1.807, 2.05) is 4.90 Å². The summed E-state index contributed by atoms with van der Waals surface area (Å²) in [4.78, 5) is 5.27. The number of ether oxygens (including phenoxy) is 2. The molecule has 27 heavy (non-hydrogen) atoms. The zero-order valence-corrected chi connectivity index (χ0v) is 16.6. The maximum absolute atomic E-state index is 13.0. The minimum atomic E-state index is -3.61. The monoisotopic (exact) mass is 430 g/mol. The summed E-state index contributed by atoms with van der Waals surface area (Å²) in [5, 5.41) is 1.02. The van der Waals surface area contributed by atoms with E-state index in [1.165, 1.54) is 10.4 Å². The number of rotatable bonds is 3. The first-order valence-electron chi connectivity index (χ1n) is 8.46. The summed E-state index contributed by atoms with van der Waals surface area (Å²) in [5.74, 6) is 1.76. The number of sulfonamides is 1. The van der Waals surface area contributed by atoms with Gasteiger partial charge in [0.1, 0.15) is 24.4 Å². The number of halogens is 2. The van der Waals surface area contributed by atoms with Crippen LogP contribution in [0.1, 0.15) is 0 Å². The van der Waals surface area contributed by atoms with E-state index in [9.17, 15) is 8.42 Å². The van der Waals surface area contributed by atoms with Crippen LogP contribution in [0, 0.1) is 0 Å². The fraction of sp³-hybridized carbons (Fsp3) is 0.353. The predicted molar refractivity (Wildman–Crippen MR) is 101 cm³/mol. The molecule has 10 heteroatoms. The Kier molecular flexibility index (Phi) is 5.07. The third-order valence-electron chi connectivity index (χ3n) is 4.54. The second-order valence-electron chi connectivity index (χ2n) is 6.21. The Balaban J connectivity index is 1.50. The van der Waals surface area contributed by atoms with E-state index in [1.54, 1.807) is 24.4 Å². The molecule has 0 unspecified atom stereocenters. The summed E-state index contributed by atoms with van der Waals surface area (Å²) in [6.07, 6.45) is 1.65. The van der Waals surface area contributed by atoms with Crippen LogP contribution in [0.5, 0.6) is 11.5 Å². The highest BCUT2D eigenvalue weighted by Crippen LogP contribution is 2.33. The van der Waals surface area contributed by atoms with Crippen LogP contribution in [0.4, 0.5) is 5.82 Å². The Morgan fingerprint density at radius 2 is 1.67 bits per heavy atom. The third-order valence-corrected chi connectivity index (χ3v) is 6.94. The van der Waals surface area contributed by atoms with Crippen molar-refractivity contribution in [3.05, 3.63) is 40.5 Å². The molecule has 3 heterocycles. The van der Waals surface area contributed by atoms with Crippen LogP contribution in [0.25, 0.3) is 0 Å². The van der Waals surface area contributed by atoms with Gasteiger partial charge in [0.05, 0.1) is 36.1 Å². The van der Waals surface area contributed by atoms with Crippen LogP contribution < -0.4 is 19.4 Å². The standard InChI is InChI=1S/C17H17Cl2N3O4S/c18-12-9-14(19)17(20-11-12)21-3-5-22(6-4-21)27(23,24)13-1-2-15-16(10-13)26-8-7-25-15/h1-2,9-11H,3-8H2/p+1. The van der Waals surface area contributed by atoms with Gasteiger partial charge in [-0.25, -0.2) is 13.4 Å². The van der Waals surface area contributed by atoms with Crippen molar-refractivity contribution >= 4 is 39.0 Å². The van der Waals surface area contributed by atoms with Crippen molar-refractivity contribution in [2.45, 2.75) is 4.90 Å². The minimum absolute atomic E-state index is 0.205. The lowest BCUT2D eigenvalue weighted by atomic mass is 10.3. The molecule has 1 aromatic heterocycles. The molecule has 0 spiro atoms. The van der Waals surface area contributed by atoms with Gasteiger partial charge in [0, 0.05) is 6.07 Å². The summed E-state index contributed by atoms with van der Waals surface area (Å²) in [5.41, 5.74) is 0. The normalized spacial score (nSPS) is 17.8. The number of nitrogens with one attached hydrogen (secondary N) is 1. The molecular weight excluding hydrogens is 413 g/mol. The number of H-pyrrole nitrogens is 1. The van der Waals surface area contributed by atoms with E-state index in [-0.39, 0.29) is 4.90 Å². The average molecular weight is 431 g/mol. The molecule has 2 aliphatic rings. The van der Waals surface area contributed by atoms with Crippen LogP contribution in [-0.4, -0.2) is 52.1 Å². The number of hydrogen-bond acceptors (Lipinski definition) is 5. The number of aromatic amines is 1. The molecule has 1 N–H and O–H groups in total. The van der Waals surface area contributed by atoms with Gasteiger partial charge in [0.25, 0.3) is 5.82 Å². The van der Waals surface area contributed by atoms with Crippen molar-refractivity contribution in [2.75, 3.05) is 44.3 Å². The van der Waals surface area contributed by atoms with Gasteiger partial charge in [-0.1, -0.05) is 23.2 Å². The van der Waals surface area contributed by atoms with E-state index in [4.69, 9.17) is 32.7 Å². The van der Waals surface area contributed by atoms with Crippen molar-refractivity contribution < 1.29 is 22.9 Å². The summed E-state index contributed by atoms with van der Waals surface area (Å²) in [6.45, 7) is 2.61. The van der Waals surface area contributed by atoms with Crippen molar-refractivity contribution in [3.63, 3.8) is 0 Å². The summed E-state index contributed by atoms with van der Waals surface area (Å²) in [6, 6.07) is 6.38. The molecule has 1 aromatic carbocycles. The van der Waals surface area contributed by atoms with Crippen molar-refractivity contribution in [3.8, 4) is 11.5 Å². The first-order valence-corrected chi connectivity index (χ1v) is 10.7. The first-order chi connectivity index (χ1) is 12.9. The molecular formula is C17H18Cl2N3O4S+. The number of piperazine rings is 1. The smallest absolute Gasteiger partial charge is 0.293 e. The molecule has 4 rings (SSSR count). The molecule has 144 valence electrons. The van der Waals surface area contributed by atoms with Crippen LogP contribution >= 0.6 is 23.2 Å². The van der Waals surface area contributed by atoms with Crippen LogP contribution in [-0.2, 0) is 10.0 Å². The van der Waals surface area contributed by atoms with Crippen molar-refractivity contribution in [1.29, 1.82) is 0 Å². The fourth-order valence-corrected chi connectivity index (χ4v) is 5.11. The highest BCUT2D eigenvalue weighted by atomic mass is 35.5. The molecule has 1 fully saturated rings. The summed E-state index contributed by atoms with van der Waals surface area (Å²) < 4.78 is 38.4. The molecule has 0 bridgehead atoms. The summed E-state index contributed by atoms with van der Waals surface area (Å²) >= 11 is 12.2. The Hall–Kier alpha value is -1.74. The van der Waals surface area contributed by atoms with Gasteiger partial charge in [-0.05, 0) is 18.2 Å². The number of nitrogens with zero attached hydrogens (tertiary/aromatic N) is 2. The van der Waals surface area contributed by atoms with Gasteiger partial charge in [-0.2, -0.15) is 4.31 Å². The number of pyridine rings is 1. The van der Waals surface area contributed by atoms with E-state index in [0.29, 0.717) is 60.9 Å². The quantitative estimate of drug-likeness (QED) is 0.744. The number of benzene rings is 1. The van der Waals surface area contributed by atoms with Gasteiger partial charge in [0.15, 0.2) is 11.5 Å². The van der Waals surface area contributed by atoms with Crippen LogP contribution in [0.15, 0.2) is 35.4 Å². The lowest BCUT2D eigenvalue weighted by molar-refractivity contribution is -0.364. The Morgan fingerprint density at radius 3 is 2.37 bits per heavy atom. The van der Waals surface area contributed by atoms with Crippen molar-refractivity contribution in [1.82, 2.24) is 4.31 Å². The Labute approximate surface area is 167 Å². The largest absolute Gasteiger partial charge is 0.486 e. The minimum Gasteiger partial charge on any atom is -0.486 e. The van der Waals surface area contributed by atoms with Crippen LogP contribution in [0.2, 0.25) is 10.0 Å². The molecule has 0 saturated carbocycles. The third kappa shape index (κ3) is 3.67. The number of anilines is 1. The predicted octanol–water partition coefficient (Wildman–Crippen LogP) is 2.09. The highest BCUT2D eigenvalue weighted by Gasteiger charge is 2.33. The molecule has 0 amide bonds. The SMILES string of the molecule is O=S(=O)(c1ccc2c(c1)OCCO2)N1CCN(c2[nH+]cc(Cl)cc2Cl)CC1. The van der Waals surface area contributed by atoms with Gasteiger partial charge >= 0.3 is 0 Å². The number of hydrogen-bond donors (Lipinski definition) is 0. The second kappa shape index (κ2) is 7.35. The molecule has 0 radical (unpaired) electrons. The molecule has 0 atom stereocenters. The molecule has 2 aromatic rings. The fourth-order valence-electron chi connectivity index (χ4n) is 3.16. The van der Waals surface area contributed by atoms with E-state index < -0.39 is 10.0 Å². The van der Waals surface area contributed by atoms with E-state index in [2.05, 4.69) is 4.98 Å². The molecule has 0 aliphatic carbocycles. The lowest BCUT2D eigenvalue weighted by Gasteiger charge is -2.30. The van der Waals surface area contributed by atoms with E-state index >= 15 is 0 Å². The van der Waals surface area contributed by atoms with E-state index in [0.717, 1.165) is 5.82 Å². The van der Waals surface area contributed by atoms with Crippen molar-refractivity contribution in [2.24, 2.45) is 0 Å². The highest BCUT2D eigenvalue weighted by molar-refractivity contribution is 7.89. The second-order valence-corrected chi connectivity index (χ2v) is 8.99. The molecule has 1 saturated heterocycles. The maximum atomic E-state index is 13.0.